The Labute approximate surface area is 171 Å². The lowest BCUT2D eigenvalue weighted by Crippen LogP contribution is -2.28. The van der Waals surface area contributed by atoms with Gasteiger partial charge >= 0.3 is 0 Å². The fraction of sp³-hybridized carbons (Fsp3) is 0.750. The molecule has 0 bridgehead atoms. The lowest BCUT2D eigenvalue weighted by atomic mass is 9.79. The van der Waals surface area contributed by atoms with Crippen molar-refractivity contribution in [3.63, 3.8) is 0 Å². The van der Waals surface area contributed by atoms with E-state index < -0.39 is 0 Å². The molecule has 2 aliphatic carbocycles. The maximum atomic E-state index is 11.8. The van der Waals surface area contributed by atoms with E-state index in [1.807, 2.05) is 0 Å². The third kappa shape index (κ3) is 8.62. The van der Waals surface area contributed by atoms with Gasteiger partial charge in [-0.05, 0) is 36.5 Å². The van der Waals surface area contributed by atoms with Crippen LogP contribution < -0.4 is 10.6 Å². The van der Waals surface area contributed by atoms with Crippen molar-refractivity contribution in [1.29, 1.82) is 0 Å². The monoisotopic (exact) mass is 388 g/mol. The Morgan fingerprint density at radius 1 is 0.643 bits per heavy atom. The predicted molar refractivity (Wildman–Crippen MR) is 116 cm³/mol. The first kappa shape index (κ1) is 22.7. The molecule has 0 saturated heterocycles. The summed E-state index contributed by atoms with van der Waals surface area (Å²) in [6, 6.07) is 0. The molecular formula is C24H40N2O2. The first-order chi connectivity index (χ1) is 13.2. The molecule has 0 atom stereocenters. The molecule has 0 fully saturated rings. The van der Waals surface area contributed by atoms with Crippen LogP contribution in [0.25, 0.3) is 0 Å². The molecule has 0 unspecified atom stereocenters. The van der Waals surface area contributed by atoms with Crippen molar-refractivity contribution in [2.45, 2.75) is 91.9 Å². The number of rotatable bonds is 11. The highest BCUT2D eigenvalue weighted by Gasteiger charge is 2.28. The molecule has 0 radical (unpaired) electrons. The van der Waals surface area contributed by atoms with Crippen molar-refractivity contribution in [2.24, 2.45) is 10.8 Å². The summed E-state index contributed by atoms with van der Waals surface area (Å²) < 4.78 is 0. The Morgan fingerprint density at radius 2 is 1.00 bits per heavy atom. The average Bonchev–Trinajstić information content (AvgIpc) is 2.52. The number of hydrogen-bond donors (Lipinski definition) is 2. The summed E-state index contributed by atoms with van der Waals surface area (Å²) in [4.78, 5) is 23.5. The Morgan fingerprint density at radius 3 is 1.36 bits per heavy atom. The SMILES string of the molecule is CC1(C)CC(=O)C=C(NCCCCCCCCNC2=CC(=O)CC(C)(C)C2)C1. The first-order valence-corrected chi connectivity index (χ1v) is 11.1. The van der Waals surface area contributed by atoms with Crippen molar-refractivity contribution in [3.8, 4) is 0 Å². The van der Waals surface area contributed by atoms with Crippen LogP contribution in [0.15, 0.2) is 23.5 Å². The van der Waals surface area contributed by atoms with Gasteiger partial charge in [-0.1, -0.05) is 53.4 Å². The second-order valence-electron chi connectivity index (χ2n) is 10.3. The van der Waals surface area contributed by atoms with Crippen LogP contribution >= 0.6 is 0 Å². The van der Waals surface area contributed by atoms with Gasteiger partial charge in [-0.25, -0.2) is 0 Å². The molecule has 0 aliphatic heterocycles. The Hall–Kier alpha value is -1.58. The van der Waals surface area contributed by atoms with Gasteiger partial charge in [-0.2, -0.15) is 0 Å². The number of carbonyl (C=O) groups excluding carboxylic acids is 2. The lowest BCUT2D eigenvalue weighted by molar-refractivity contribution is -0.118. The van der Waals surface area contributed by atoms with Gasteiger partial charge in [0.25, 0.3) is 0 Å². The average molecular weight is 389 g/mol. The molecular weight excluding hydrogens is 348 g/mol. The molecule has 4 nitrogen and oxygen atoms in total. The van der Waals surface area contributed by atoms with E-state index in [0.29, 0.717) is 12.8 Å². The highest BCUT2D eigenvalue weighted by molar-refractivity contribution is 5.92. The zero-order valence-corrected chi connectivity index (χ0v) is 18.5. The van der Waals surface area contributed by atoms with Gasteiger partial charge in [0.2, 0.25) is 0 Å². The molecule has 2 rings (SSSR count). The van der Waals surface area contributed by atoms with E-state index in [9.17, 15) is 9.59 Å². The van der Waals surface area contributed by atoms with Crippen LogP contribution in [0.4, 0.5) is 0 Å². The minimum atomic E-state index is 0.0961. The Balaban J connectivity index is 1.46. The Bertz CT molecular complexity index is 560. The van der Waals surface area contributed by atoms with E-state index in [1.165, 1.54) is 25.7 Å². The third-order valence-electron chi connectivity index (χ3n) is 5.62. The molecule has 0 spiro atoms. The second-order valence-corrected chi connectivity index (χ2v) is 10.3. The highest BCUT2D eigenvalue weighted by atomic mass is 16.1. The predicted octanol–water partition coefficient (Wildman–Crippen LogP) is 5.05. The van der Waals surface area contributed by atoms with Crippen molar-refractivity contribution in [3.05, 3.63) is 23.5 Å². The minimum Gasteiger partial charge on any atom is -0.388 e. The minimum absolute atomic E-state index is 0.0961. The van der Waals surface area contributed by atoms with Crippen LogP contribution in [-0.4, -0.2) is 24.7 Å². The van der Waals surface area contributed by atoms with Crippen molar-refractivity contribution >= 4 is 11.6 Å². The quantitative estimate of drug-likeness (QED) is 0.486. The van der Waals surface area contributed by atoms with Crippen LogP contribution in [0.5, 0.6) is 0 Å². The highest BCUT2D eigenvalue weighted by Crippen LogP contribution is 2.33. The van der Waals surface area contributed by atoms with Crippen molar-refractivity contribution in [2.75, 3.05) is 13.1 Å². The van der Waals surface area contributed by atoms with Crippen molar-refractivity contribution in [1.82, 2.24) is 10.6 Å². The number of ketones is 2. The van der Waals surface area contributed by atoms with Gasteiger partial charge in [0, 0.05) is 49.5 Å². The molecule has 0 aromatic heterocycles. The normalized spacial score (nSPS) is 21.1. The number of unbranched alkanes of at least 4 members (excludes halogenated alkanes) is 5. The van der Waals surface area contributed by atoms with Gasteiger partial charge in [-0.15, -0.1) is 0 Å². The van der Waals surface area contributed by atoms with E-state index in [4.69, 9.17) is 0 Å². The third-order valence-corrected chi connectivity index (χ3v) is 5.62. The van der Waals surface area contributed by atoms with Gasteiger partial charge in [0.05, 0.1) is 0 Å². The van der Waals surface area contributed by atoms with E-state index >= 15 is 0 Å². The molecule has 0 saturated carbocycles. The van der Waals surface area contributed by atoms with E-state index in [2.05, 4.69) is 38.3 Å². The summed E-state index contributed by atoms with van der Waals surface area (Å²) in [5.74, 6) is 0.508. The summed E-state index contributed by atoms with van der Waals surface area (Å²) in [5, 5.41) is 6.92. The molecule has 0 aromatic carbocycles. The maximum Gasteiger partial charge on any atom is 0.157 e. The molecule has 2 aliphatic rings. The van der Waals surface area contributed by atoms with Gasteiger partial charge < -0.3 is 10.6 Å². The number of carbonyl (C=O) groups is 2. The van der Waals surface area contributed by atoms with Gasteiger partial charge in [-0.3, -0.25) is 9.59 Å². The fourth-order valence-corrected chi connectivity index (χ4v) is 4.37. The summed E-state index contributed by atoms with van der Waals surface area (Å²) in [7, 11) is 0. The smallest absolute Gasteiger partial charge is 0.157 e. The lowest BCUT2D eigenvalue weighted by Gasteiger charge is -2.29. The van der Waals surface area contributed by atoms with E-state index in [0.717, 1.165) is 50.2 Å². The standard InChI is InChI=1S/C24H40N2O2/c1-23(2)15-19(13-21(27)17-23)25-11-9-7-5-6-8-10-12-26-20-14-22(28)18-24(3,4)16-20/h13-14,25-26H,5-12,15-18H2,1-4H3. The number of allylic oxidation sites excluding steroid dienone is 4. The zero-order chi connectivity index (χ0) is 20.6. The Kier molecular flexibility index (Phi) is 8.33. The van der Waals surface area contributed by atoms with Crippen LogP contribution in [0.3, 0.4) is 0 Å². The molecule has 0 amide bonds. The van der Waals surface area contributed by atoms with E-state index in [1.54, 1.807) is 12.2 Å². The van der Waals surface area contributed by atoms with Crippen LogP contribution in [0.1, 0.15) is 91.9 Å². The van der Waals surface area contributed by atoms with Crippen LogP contribution in [0, 0.1) is 10.8 Å². The summed E-state index contributed by atoms with van der Waals surface area (Å²) in [5.41, 5.74) is 2.43. The number of hydrogen-bond acceptors (Lipinski definition) is 4. The summed E-state index contributed by atoms with van der Waals surface area (Å²) in [6.45, 7) is 10.6. The van der Waals surface area contributed by atoms with Crippen LogP contribution in [0.2, 0.25) is 0 Å². The molecule has 4 heteroatoms. The summed E-state index contributed by atoms with van der Waals surface area (Å²) in [6.07, 6.45) is 14.2. The largest absolute Gasteiger partial charge is 0.388 e. The maximum absolute atomic E-state index is 11.8. The first-order valence-electron chi connectivity index (χ1n) is 11.1. The molecule has 158 valence electrons. The summed E-state index contributed by atoms with van der Waals surface area (Å²) >= 11 is 0. The zero-order valence-electron chi connectivity index (χ0n) is 18.5. The van der Waals surface area contributed by atoms with Gasteiger partial charge in [0.1, 0.15) is 0 Å². The molecule has 0 aromatic rings. The fourth-order valence-electron chi connectivity index (χ4n) is 4.37. The topological polar surface area (TPSA) is 58.2 Å². The second kappa shape index (κ2) is 10.3. The van der Waals surface area contributed by atoms with Gasteiger partial charge in [0.15, 0.2) is 11.6 Å². The molecule has 28 heavy (non-hydrogen) atoms. The van der Waals surface area contributed by atoms with Crippen molar-refractivity contribution < 1.29 is 9.59 Å². The van der Waals surface area contributed by atoms with Crippen LogP contribution in [-0.2, 0) is 9.59 Å². The molecule has 2 N–H and O–H groups in total. The van der Waals surface area contributed by atoms with E-state index in [-0.39, 0.29) is 22.4 Å². The molecule has 0 heterocycles. The number of nitrogens with one attached hydrogen (secondary N) is 2.